The minimum atomic E-state index is -0.208. The van der Waals surface area contributed by atoms with Gasteiger partial charge >= 0.3 is 0 Å². The van der Waals surface area contributed by atoms with Crippen LogP contribution >= 0.6 is 0 Å². The molecule has 2 aromatic carbocycles. The number of hydrogen-bond acceptors (Lipinski definition) is 3. The van der Waals surface area contributed by atoms with Crippen LogP contribution in [0.15, 0.2) is 48.5 Å². The summed E-state index contributed by atoms with van der Waals surface area (Å²) in [7, 11) is 1.64. The second-order valence-corrected chi connectivity index (χ2v) is 7.18. The van der Waals surface area contributed by atoms with Crippen LogP contribution in [0.2, 0.25) is 0 Å². The molecular formula is C22H27FN2O2. The average molecular weight is 370 g/mol. The third-order valence-electron chi connectivity index (χ3n) is 5.25. The van der Waals surface area contributed by atoms with Gasteiger partial charge in [0.2, 0.25) is 5.91 Å². The van der Waals surface area contributed by atoms with Crippen LogP contribution < -0.4 is 10.1 Å². The molecule has 144 valence electrons. The van der Waals surface area contributed by atoms with Gasteiger partial charge in [-0.3, -0.25) is 9.69 Å². The summed E-state index contributed by atoms with van der Waals surface area (Å²) in [5.41, 5.74) is 2.17. The van der Waals surface area contributed by atoms with Crippen LogP contribution in [0.5, 0.6) is 5.75 Å². The molecule has 2 aromatic rings. The van der Waals surface area contributed by atoms with Gasteiger partial charge in [0.15, 0.2) is 0 Å². The summed E-state index contributed by atoms with van der Waals surface area (Å²) in [6.45, 7) is 4.57. The number of hydrogen-bond donors (Lipinski definition) is 1. The minimum Gasteiger partial charge on any atom is -0.497 e. The lowest BCUT2D eigenvalue weighted by molar-refractivity contribution is -0.127. The Morgan fingerprint density at radius 3 is 2.37 bits per heavy atom. The van der Waals surface area contributed by atoms with Crippen molar-refractivity contribution in [3.05, 3.63) is 65.5 Å². The highest BCUT2D eigenvalue weighted by Crippen LogP contribution is 2.22. The van der Waals surface area contributed by atoms with Crippen molar-refractivity contribution in [3.63, 3.8) is 0 Å². The molecule has 1 aliphatic heterocycles. The summed E-state index contributed by atoms with van der Waals surface area (Å²) in [4.78, 5) is 14.9. The van der Waals surface area contributed by atoms with Crippen molar-refractivity contribution in [2.75, 3.05) is 20.2 Å². The van der Waals surface area contributed by atoms with Gasteiger partial charge in [0.05, 0.1) is 13.2 Å². The predicted molar refractivity (Wildman–Crippen MR) is 104 cm³/mol. The van der Waals surface area contributed by atoms with Gasteiger partial charge in [-0.15, -0.1) is 0 Å². The van der Waals surface area contributed by atoms with Crippen molar-refractivity contribution >= 4 is 5.91 Å². The Balaban J connectivity index is 1.46. The smallest absolute Gasteiger partial charge is 0.223 e. The van der Waals surface area contributed by atoms with Crippen LogP contribution in [0.4, 0.5) is 4.39 Å². The number of rotatable bonds is 6. The van der Waals surface area contributed by atoms with E-state index in [4.69, 9.17) is 4.74 Å². The molecule has 0 radical (unpaired) electrons. The van der Waals surface area contributed by atoms with Gasteiger partial charge in [-0.05, 0) is 68.2 Å². The number of nitrogens with one attached hydrogen (secondary N) is 1. The number of methoxy groups -OCH3 is 1. The van der Waals surface area contributed by atoms with Crippen molar-refractivity contribution in [3.8, 4) is 5.75 Å². The zero-order valence-electron chi connectivity index (χ0n) is 16.0. The van der Waals surface area contributed by atoms with Gasteiger partial charge < -0.3 is 10.1 Å². The Labute approximate surface area is 160 Å². The SMILES string of the molecule is COc1ccc([C@@H](C)NC(=O)C2CCN(Cc3ccc(F)cc3)CC2)cc1. The van der Waals surface area contributed by atoms with E-state index < -0.39 is 0 Å². The number of piperidine rings is 1. The molecule has 1 aliphatic rings. The fourth-order valence-corrected chi connectivity index (χ4v) is 3.51. The Bertz CT molecular complexity index is 738. The fraction of sp³-hybridized carbons (Fsp3) is 0.409. The van der Waals surface area contributed by atoms with E-state index >= 15 is 0 Å². The first-order valence-electron chi connectivity index (χ1n) is 9.46. The van der Waals surface area contributed by atoms with E-state index in [0.29, 0.717) is 0 Å². The zero-order valence-corrected chi connectivity index (χ0v) is 16.0. The molecule has 1 heterocycles. The van der Waals surface area contributed by atoms with Crippen molar-refractivity contribution in [2.24, 2.45) is 5.92 Å². The molecule has 0 saturated carbocycles. The molecule has 1 atom stereocenters. The molecule has 0 unspecified atom stereocenters. The molecule has 3 rings (SSSR count). The number of amides is 1. The van der Waals surface area contributed by atoms with E-state index in [1.54, 1.807) is 7.11 Å². The molecule has 5 heteroatoms. The normalized spacial score (nSPS) is 16.7. The lowest BCUT2D eigenvalue weighted by atomic mass is 9.95. The lowest BCUT2D eigenvalue weighted by Crippen LogP contribution is -2.40. The number of halogens is 1. The van der Waals surface area contributed by atoms with E-state index in [-0.39, 0.29) is 23.7 Å². The molecule has 1 fully saturated rings. The second kappa shape index (κ2) is 9.00. The fourth-order valence-electron chi connectivity index (χ4n) is 3.51. The third-order valence-corrected chi connectivity index (χ3v) is 5.25. The zero-order chi connectivity index (χ0) is 19.2. The van der Waals surface area contributed by atoms with E-state index in [9.17, 15) is 9.18 Å². The molecule has 0 aromatic heterocycles. The van der Waals surface area contributed by atoms with Gasteiger partial charge in [0.1, 0.15) is 11.6 Å². The summed E-state index contributed by atoms with van der Waals surface area (Å²) in [6.07, 6.45) is 1.70. The van der Waals surface area contributed by atoms with Crippen molar-refractivity contribution < 1.29 is 13.9 Å². The first-order valence-corrected chi connectivity index (χ1v) is 9.46. The second-order valence-electron chi connectivity index (χ2n) is 7.18. The number of nitrogens with zero attached hydrogens (tertiary/aromatic N) is 1. The summed E-state index contributed by atoms with van der Waals surface area (Å²) in [5, 5.41) is 3.13. The van der Waals surface area contributed by atoms with E-state index in [1.807, 2.05) is 43.3 Å². The third kappa shape index (κ3) is 5.30. The number of ether oxygens (including phenoxy) is 1. The van der Waals surface area contributed by atoms with Crippen LogP contribution in [0.25, 0.3) is 0 Å². The molecule has 27 heavy (non-hydrogen) atoms. The van der Waals surface area contributed by atoms with Gasteiger partial charge in [-0.25, -0.2) is 4.39 Å². The monoisotopic (exact) mass is 370 g/mol. The molecule has 4 nitrogen and oxygen atoms in total. The molecule has 0 aliphatic carbocycles. The first kappa shape index (κ1) is 19.4. The van der Waals surface area contributed by atoms with Crippen molar-refractivity contribution in [1.82, 2.24) is 10.2 Å². The van der Waals surface area contributed by atoms with Crippen molar-refractivity contribution in [1.29, 1.82) is 0 Å². The Morgan fingerprint density at radius 1 is 1.15 bits per heavy atom. The Kier molecular flexibility index (Phi) is 6.45. The molecule has 0 bridgehead atoms. The Hall–Kier alpha value is -2.40. The van der Waals surface area contributed by atoms with Crippen molar-refractivity contribution in [2.45, 2.75) is 32.4 Å². The van der Waals surface area contributed by atoms with E-state index in [0.717, 1.165) is 49.4 Å². The quantitative estimate of drug-likeness (QED) is 0.838. The molecule has 1 saturated heterocycles. The molecule has 1 amide bonds. The summed E-state index contributed by atoms with van der Waals surface area (Å²) in [6, 6.07) is 14.4. The summed E-state index contributed by atoms with van der Waals surface area (Å²) < 4.78 is 18.2. The van der Waals surface area contributed by atoms with Crippen LogP contribution in [0, 0.1) is 11.7 Å². The van der Waals surface area contributed by atoms with Crippen LogP contribution in [0.3, 0.4) is 0 Å². The molecular weight excluding hydrogens is 343 g/mol. The van der Waals surface area contributed by atoms with Gasteiger partial charge in [-0.1, -0.05) is 24.3 Å². The first-order chi connectivity index (χ1) is 13.0. The number of benzene rings is 2. The van der Waals surface area contributed by atoms with Gasteiger partial charge in [0.25, 0.3) is 0 Å². The van der Waals surface area contributed by atoms with Crippen LogP contribution in [-0.4, -0.2) is 31.0 Å². The highest BCUT2D eigenvalue weighted by molar-refractivity contribution is 5.79. The summed E-state index contributed by atoms with van der Waals surface area (Å²) in [5.74, 6) is 0.779. The predicted octanol–water partition coefficient (Wildman–Crippen LogP) is 3.92. The maximum Gasteiger partial charge on any atom is 0.223 e. The maximum atomic E-state index is 13.0. The topological polar surface area (TPSA) is 41.6 Å². The van der Waals surface area contributed by atoms with Crippen LogP contribution in [-0.2, 0) is 11.3 Å². The largest absolute Gasteiger partial charge is 0.497 e. The number of likely N-dealkylation sites (tertiary alicyclic amines) is 1. The van der Waals surface area contributed by atoms with Gasteiger partial charge in [-0.2, -0.15) is 0 Å². The Morgan fingerprint density at radius 2 is 1.78 bits per heavy atom. The highest BCUT2D eigenvalue weighted by Gasteiger charge is 2.26. The number of carbonyl (C=O) groups is 1. The maximum absolute atomic E-state index is 13.0. The minimum absolute atomic E-state index is 0.0272. The number of carbonyl (C=O) groups excluding carboxylic acids is 1. The standard InChI is InChI=1S/C22H27FN2O2/c1-16(18-5-9-21(27-2)10-6-18)24-22(26)19-11-13-25(14-12-19)15-17-3-7-20(23)8-4-17/h3-10,16,19H,11-15H2,1-2H3,(H,24,26)/t16-/m1/s1. The van der Waals surface area contributed by atoms with E-state index in [2.05, 4.69) is 10.2 Å². The molecule has 0 spiro atoms. The highest BCUT2D eigenvalue weighted by atomic mass is 19.1. The average Bonchev–Trinajstić information content (AvgIpc) is 2.70. The summed E-state index contributed by atoms with van der Waals surface area (Å²) >= 11 is 0. The van der Waals surface area contributed by atoms with Crippen LogP contribution in [0.1, 0.15) is 36.9 Å². The molecule has 1 N–H and O–H groups in total. The van der Waals surface area contributed by atoms with E-state index in [1.165, 1.54) is 12.1 Å². The van der Waals surface area contributed by atoms with Gasteiger partial charge in [0, 0.05) is 12.5 Å². The lowest BCUT2D eigenvalue weighted by Gasteiger charge is -2.32.